The number of halogens is 2. The van der Waals surface area contributed by atoms with Crippen molar-refractivity contribution in [2.75, 3.05) is 0 Å². The second-order valence-electron chi connectivity index (χ2n) is 3.37. The fourth-order valence-electron chi connectivity index (χ4n) is 1.34. The summed E-state index contributed by atoms with van der Waals surface area (Å²) in [5.41, 5.74) is 0.306. The minimum Gasteiger partial charge on any atom is -0.458 e. The molecule has 0 atom stereocenters. The number of benzene rings is 1. The molecule has 0 aliphatic carbocycles. The zero-order valence-corrected chi connectivity index (χ0v) is 9.22. The number of ketones is 1. The summed E-state index contributed by atoms with van der Waals surface area (Å²) in [5, 5.41) is -0.0749. The number of hydrogen-bond acceptors (Lipinski definition) is 2. The van der Waals surface area contributed by atoms with Crippen LogP contribution in [0.1, 0.15) is 21.9 Å². The van der Waals surface area contributed by atoms with Gasteiger partial charge in [0.2, 0.25) is 5.78 Å². The van der Waals surface area contributed by atoms with Gasteiger partial charge in [-0.3, -0.25) is 4.79 Å². The Hall–Kier alpha value is -1.61. The molecular formula is C12H8ClFO2. The second-order valence-corrected chi connectivity index (χ2v) is 3.78. The van der Waals surface area contributed by atoms with E-state index in [1.54, 1.807) is 19.1 Å². The number of carbonyl (C=O) groups excluding carboxylic acids is 1. The van der Waals surface area contributed by atoms with Gasteiger partial charge in [0.1, 0.15) is 11.6 Å². The summed E-state index contributed by atoms with van der Waals surface area (Å²) < 4.78 is 18.1. The standard InChI is InChI=1S/C12H8ClFO2/c1-7-2-5-11(16-7)12(15)8-3-4-10(14)9(13)6-8/h2-6H,1H3. The van der Waals surface area contributed by atoms with Gasteiger partial charge in [0.25, 0.3) is 0 Å². The van der Waals surface area contributed by atoms with E-state index in [9.17, 15) is 9.18 Å². The molecule has 0 aliphatic rings. The average Bonchev–Trinajstić information content (AvgIpc) is 2.68. The highest BCUT2D eigenvalue weighted by atomic mass is 35.5. The summed E-state index contributed by atoms with van der Waals surface area (Å²) in [4.78, 5) is 11.8. The fraction of sp³-hybridized carbons (Fsp3) is 0.0833. The lowest BCUT2D eigenvalue weighted by Gasteiger charge is -1.99. The van der Waals surface area contributed by atoms with Crippen molar-refractivity contribution >= 4 is 17.4 Å². The monoisotopic (exact) mass is 238 g/mol. The van der Waals surface area contributed by atoms with Crippen LogP contribution in [0.5, 0.6) is 0 Å². The molecule has 0 saturated carbocycles. The molecule has 1 heterocycles. The van der Waals surface area contributed by atoms with Crippen molar-refractivity contribution in [3.8, 4) is 0 Å². The van der Waals surface area contributed by atoms with E-state index in [0.29, 0.717) is 11.3 Å². The number of hydrogen-bond donors (Lipinski definition) is 0. The number of rotatable bonds is 2. The molecule has 1 aromatic carbocycles. The van der Waals surface area contributed by atoms with Crippen LogP contribution in [0.25, 0.3) is 0 Å². The molecule has 2 rings (SSSR count). The minimum absolute atomic E-state index is 0.0749. The lowest BCUT2D eigenvalue weighted by molar-refractivity contribution is 0.101. The van der Waals surface area contributed by atoms with E-state index in [0.717, 1.165) is 6.07 Å². The molecule has 0 amide bonds. The highest BCUT2D eigenvalue weighted by Gasteiger charge is 2.14. The molecule has 82 valence electrons. The van der Waals surface area contributed by atoms with Gasteiger partial charge in [-0.1, -0.05) is 11.6 Å². The quantitative estimate of drug-likeness (QED) is 0.748. The maximum Gasteiger partial charge on any atom is 0.228 e. The van der Waals surface area contributed by atoms with Gasteiger partial charge in [-0.25, -0.2) is 4.39 Å². The van der Waals surface area contributed by atoms with E-state index >= 15 is 0 Å². The van der Waals surface area contributed by atoms with E-state index in [4.69, 9.17) is 16.0 Å². The van der Waals surface area contributed by atoms with Gasteiger partial charge in [-0.15, -0.1) is 0 Å². The van der Waals surface area contributed by atoms with Crippen molar-refractivity contribution in [1.29, 1.82) is 0 Å². The smallest absolute Gasteiger partial charge is 0.228 e. The number of aryl methyl sites for hydroxylation is 1. The molecule has 16 heavy (non-hydrogen) atoms. The van der Waals surface area contributed by atoms with Crippen LogP contribution in [-0.2, 0) is 0 Å². The SMILES string of the molecule is Cc1ccc(C(=O)c2ccc(F)c(Cl)c2)o1. The third kappa shape index (κ3) is 1.99. The summed E-state index contributed by atoms with van der Waals surface area (Å²) >= 11 is 5.59. The Morgan fingerprint density at radius 1 is 1.31 bits per heavy atom. The van der Waals surface area contributed by atoms with Crippen molar-refractivity contribution in [1.82, 2.24) is 0 Å². The molecule has 0 radical (unpaired) electrons. The number of furan rings is 1. The molecule has 0 bridgehead atoms. The molecule has 0 spiro atoms. The van der Waals surface area contributed by atoms with Gasteiger partial charge < -0.3 is 4.42 Å². The van der Waals surface area contributed by atoms with Crippen molar-refractivity contribution in [2.45, 2.75) is 6.92 Å². The fourth-order valence-corrected chi connectivity index (χ4v) is 1.52. The van der Waals surface area contributed by atoms with Gasteiger partial charge in [0, 0.05) is 5.56 Å². The van der Waals surface area contributed by atoms with Crippen LogP contribution in [0, 0.1) is 12.7 Å². The van der Waals surface area contributed by atoms with E-state index in [2.05, 4.69) is 0 Å². The van der Waals surface area contributed by atoms with Crippen LogP contribution in [0.4, 0.5) is 4.39 Å². The van der Waals surface area contributed by atoms with Crippen LogP contribution in [0.15, 0.2) is 34.7 Å². The molecule has 0 unspecified atom stereocenters. The first-order chi connectivity index (χ1) is 7.58. The summed E-state index contributed by atoms with van der Waals surface area (Å²) in [7, 11) is 0. The maximum absolute atomic E-state index is 12.9. The first-order valence-electron chi connectivity index (χ1n) is 4.64. The third-order valence-corrected chi connectivity index (χ3v) is 2.44. The minimum atomic E-state index is -0.547. The highest BCUT2D eigenvalue weighted by molar-refractivity contribution is 6.31. The van der Waals surface area contributed by atoms with Crippen LogP contribution < -0.4 is 0 Å². The Morgan fingerprint density at radius 3 is 2.62 bits per heavy atom. The van der Waals surface area contributed by atoms with Gasteiger partial charge in [-0.05, 0) is 37.3 Å². The predicted molar refractivity (Wildman–Crippen MR) is 58.3 cm³/mol. The molecule has 2 nitrogen and oxygen atoms in total. The summed E-state index contributed by atoms with van der Waals surface area (Å²) in [5.74, 6) is 0.0144. The van der Waals surface area contributed by atoms with E-state index < -0.39 is 5.82 Å². The molecule has 4 heteroatoms. The largest absolute Gasteiger partial charge is 0.458 e. The topological polar surface area (TPSA) is 30.2 Å². The average molecular weight is 239 g/mol. The second kappa shape index (κ2) is 4.10. The zero-order valence-electron chi connectivity index (χ0n) is 8.46. The molecule has 0 fully saturated rings. The molecule has 0 saturated heterocycles. The summed E-state index contributed by atoms with van der Waals surface area (Å²) in [6.07, 6.45) is 0. The van der Waals surface area contributed by atoms with E-state index in [1.807, 2.05) is 0 Å². The lowest BCUT2D eigenvalue weighted by Crippen LogP contribution is -1.99. The summed E-state index contributed by atoms with van der Waals surface area (Å²) in [6, 6.07) is 7.09. The number of carbonyl (C=O) groups is 1. The Labute approximate surface area is 96.6 Å². The van der Waals surface area contributed by atoms with Gasteiger partial charge in [0.15, 0.2) is 5.76 Å². The van der Waals surface area contributed by atoms with Crippen LogP contribution in [0.3, 0.4) is 0 Å². The Balaban J connectivity index is 2.38. The highest BCUT2D eigenvalue weighted by Crippen LogP contribution is 2.19. The first kappa shape index (κ1) is 10.9. The lowest BCUT2D eigenvalue weighted by atomic mass is 10.1. The van der Waals surface area contributed by atoms with Crippen LogP contribution >= 0.6 is 11.6 Å². The Morgan fingerprint density at radius 2 is 2.06 bits per heavy atom. The molecule has 0 N–H and O–H groups in total. The van der Waals surface area contributed by atoms with Crippen molar-refractivity contribution in [3.63, 3.8) is 0 Å². The van der Waals surface area contributed by atoms with Crippen molar-refractivity contribution in [3.05, 3.63) is 58.3 Å². The summed E-state index contributed by atoms with van der Waals surface area (Å²) in [6.45, 7) is 1.74. The van der Waals surface area contributed by atoms with Crippen molar-refractivity contribution < 1.29 is 13.6 Å². The van der Waals surface area contributed by atoms with Crippen LogP contribution in [0.2, 0.25) is 5.02 Å². The Kier molecular flexibility index (Phi) is 2.79. The zero-order chi connectivity index (χ0) is 11.7. The molecule has 2 aromatic rings. The molecule has 1 aromatic heterocycles. The predicted octanol–water partition coefficient (Wildman–Crippen LogP) is 3.61. The molecular weight excluding hydrogens is 231 g/mol. The normalized spacial score (nSPS) is 10.4. The maximum atomic E-state index is 12.9. The molecule has 0 aliphatic heterocycles. The van der Waals surface area contributed by atoms with Crippen molar-refractivity contribution in [2.24, 2.45) is 0 Å². The van der Waals surface area contributed by atoms with E-state index in [1.165, 1.54) is 12.1 Å². The Bertz CT molecular complexity index is 546. The van der Waals surface area contributed by atoms with Crippen LogP contribution in [-0.4, -0.2) is 5.78 Å². The first-order valence-corrected chi connectivity index (χ1v) is 5.02. The van der Waals surface area contributed by atoms with Gasteiger partial charge in [0.05, 0.1) is 5.02 Å². The third-order valence-electron chi connectivity index (χ3n) is 2.15. The van der Waals surface area contributed by atoms with Gasteiger partial charge in [-0.2, -0.15) is 0 Å². The van der Waals surface area contributed by atoms with Gasteiger partial charge >= 0.3 is 0 Å². The van der Waals surface area contributed by atoms with E-state index in [-0.39, 0.29) is 16.6 Å².